The first-order valence-corrected chi connectivity index (χ1v) is 9.98. The fraction of sp³-hybridized carbons (Fsp3) is 0.211. The summed E-state index contributed by atoms with van der Waals surface area (Å²) >= 11 is 2.99. The Morgan fingerprint density at radius 3 is 2.81 bits per heavy atom. The van der Waals surface area contributed by atoms with Gasteiger partial charge in [-0.1, -0.05) is 47.4 Å². The summed E-state index contributed by atoms with van der Waals surface area (Å²) < 4.78 is 19.4. The predicted octanol–water partition coefficient (Wildman–Crippen LogP) is 4.58. The number of methoxy groups -OCH3 is 1. The van der Waals surface area contributed by atoms with Gasteiger partial charge in [-0.25, -0.2) is 4.39 Å². The van der Waals surface area contributed by atoms with E-state index in [2.05, 4.69) is 34.6 Å². The van der Waals surface area contributed by atoms with E-state index in [1.54, 1.807) is 11.8 Å². The Labute approximate surface area is 165 Å². The van der Waals surface area contributed by atoms with Crippen LogP contribution in [0.2, 0.25) is 0 Å². The van der Waals surface area contributed by atoms with Crippen LogP contribution in [0.1, 0.15) is 21.5 Å². The van der Waals surface area contributed by atoms with Gasteiger partial charge >= 0.3 is 0 Å². The lowest BCUT2D eigenvalue weighted by Crippen LogP contribution is -2.14. The molecule has 0 amide bonds. The van der Waals surface area contributed by atoms with E-state index in [-0.39, 0.29) is 23.6 Å². The second-order valence-electron chi connectivity index (χ2n) is 5.71. The molecule has 8 heteroatoms. The molecule has 140 valence electrons. The average molecular weight is 404 g/mol. The maximum absolute atomic E-state index is 13.7. The number of halogens is 1. The summed E-state index contributed by atoms with van der Waals surface area (Å²) in [6.45, 7) is 2.10. The topological polar surface area (TPSA) is 64.1 Å². The maximum atomic E-state index is 13.7. The molecule has 1 aromatic heterocycles. The van der Waals surface area contributed by atoms with Crippen molar-refractivity contribution < 1.29 is 13.9 Å². The Balaban J connectivity index is 1.54. The van der Waals surface area contributed by atoms with E-state index >= 15 is 0 Å². The number of nitrogens with one attached hydrogen (secondary N) is 1. The lowest BCUT2D eigenvalue weighted by Gasteiger charge is -2.05. The summed E-state index contributed by atoms with van der Waals surface area (Å²) in [5.41, 5.74) is 2.77. The van der Waals surface area contributed by atoms with Crippen molar-refractivity contribution in [2.24, 2.45) is 0 Å². The Kier molecular flexibility index (Phi) is 6.41. The smallest absolute Gasteiger partial charge is 0.206 e. The highest BCUT2D eigenvalue weighted by atomic mass is 32.2. The van der Waals surface area contributed by atoms with Gasteiger partial charge in [-0.3, -0.25) is 4.79 Å². The van der Waals surface area contributed by atoms with E-state index in [0.29, 0.717) is 5.13 Å². The lowest BCUT2D eigenvalue weighted by atomic mass is 10.1. The molecule has 0 aliphatic heterocycles. The Bertz CT molecular complexity index is 946. The van der Waals surface area contributed by atoms with Gasteiger partial charge in [0.15, 0.2) is 21.7 Å². The van der Waals surface area contributed by atoms with Crippen LogP contribution in [0.5, 0.6) is 5.75 Å². The van der Waals surface area contributed by atoms with Crippen molar-refractivity contribution in [1.82, 2.24) is 10.2 Å². The molecule has 5 nitrogen and oxygen atoms in total. The number of hydrogen-bond donors (Lipinski definition) is 1. The quantitative estimate of drug-likeness (QED) is 0.439. The van der Waals surface area contributed by atoms with Crippen LogP contribution in [0.25, 0.3) is 0 Å². The fourth-order valence-electron chi connectivity index (χ4n) is 2.35. The molecule has 0 aliphatic carbocycles. The SMILES string of the molecule is COc1ccc(C(=O)CNc2nnc(SCc3ccccc3C)s2)cc1F. The van der Waals surface area contributed by atoms with Crippen LogP contribution in [0.3, 0.4) is 0 Å². The number of anilines is 1. The summed E-state index contributed by atoms with van der Waals surface area (Å²) in [6, 6.07) is 12.4. The molecule has 1 heterocycles. The number of ketones is 1. The average Bonchev–Trinajstić information content (AvgIpc) is 3.13. The molecule has 3 rings (SSSR count). The summed E-state index contributed by atoms with van der Waals surface area (Å²) in [5, 5.41) is 11.7. The van der Waals surface area contributed by atoms with E-state index in [1.807, 2.05) is 12.1 Å². The predicted molar refractivity (Wildman–Crippen MR) is 106 cm³/mol. The number of nitrogens with zero attached hydrogens (tertiary/aromatic N) is 2. The highest BCUT2D eigenvalue weighted by Gasteiger charge is 2.12. The zero-order valence-electron chi connectivity index (χ0n) is 14.9. The molecule has 0 spiro atoms. The summed E-state index contributed by atoms with van der Waals surface area (Å²) in [5.74, 6) is 0.125. The number of thioether (sulfide) groups is 1. The number of rotatable bonds is 8. The van der Waals surface area contributed by atoms with Crippen molar-refractivity contribution in [1.29, 1.82) is 0 Å². The molecule has 1 N–H and O–H groups in total. The minimum absolute atomic E-state index is 0.0167. The van der Waals surface area contributed by atoms with E-state index in [4.69, 9.17) is 4.74 Å². The molecular formula is C19H18FN3O2S2. The Hall–Kier alpha value is -2.45. The molecule has 0 unspecified atom stereocenters. The minimum atomic E-state index is -0.561. The summed E-state index contributed by atoms with van der Waals surface area (Å²) in [6.07, 6.45) is 0. The van der Waals surface area contributed by atoms with E-state index < -0.39 is 5.82 Å². The molecular weight excluding hydrogens is 385 g/mol. The monoisotopic (exact) mass is 403 g/mol. The first-order chi connectivity index (χ1) is 13.1. The lowest BCUT2D eigenvalue weighted by molar-refractivity contribution is 0.101. The van der Waals surface area contributed by atoms with Crippen molar-refractivity contribution in [3.8, 4) is 5.75 Å². The van der Waals surface area contributed by atoms with Gasteiger partial charge in [-0.2, -0.15) is 0 Å². The highest BCUT2D eigenvalue weighted by Crippen LogP contribution is 2.29. The van der Waals surface area contributed by atoms with Crippen LogP contribution in [0, 0.1) is 12.7 Å². The molecule has 0 radical (unpaired) electrons. The number of Topliss-reactive ketones (excluding diaryl/α,β-unsaturated/α-hetero) is 1. The largest absolute Gasteiger partial charge is 0.494 e. The Morgan fingerprint density at radius 2 is 2.07 bits per heavy atom. The van der Waals surface area contributed by atoms with Crippen molar-refractivity contribution in [2.75, 3.05) is 19.0 Å². The van der Waals surface area contributed by atoms with Crippen LogP contribution in [0.4, 0.5) is 9.52 Å². The Morgan fingerprint density at radius 1 is 1.26 bits per heavy atom. The zero-order valence-corrected chi connectivity index (χ0v) is 16.5. The van der Waals surface area contributed by atoms with Gasteiger partial charge in [0, 0.05) is 11.3 Å². The number of benzene rings is 2. The first kappa shape index (κ1) is 19.3. The molecule has 27 heavy (non-hydrogen) atoms. The van der Waals surface area contributed by atoms with Gasteiger partial charge in [0.05, 0.1) is 13.7 Å². The second kappa shape index (κ2) is 8.96. The van der Waals surface area contributed by atoms with Crippen molar-refractivity contribution in [2.45, 2.75) is 17.0 Å². The number of aromatic nitrogens is 2. The maximum Gasteiger partial charge on any atom is 0.206 e. The van der Waals surface area contributed by atoms with Gasteiger partial charge in [-0.15, -0.1) is 10.2 Å². The van der Waals surface area contributed by atoms with Crippen LogP contribution >= 0.6 is 23.1 Å². The molecule has 2 aromatic carbocycles. The molecule has 0 bridgehead atoms. The standard InChI is InChI=1S/C19H18FN3O2S2/c1-12-5-3-4-6-14(12)11-26-19-23-22-18(27-19)21-10-16(24)13-7-8-17(25-2)15(20)9-13/h3-9H,10-11H2,1-2H3,(H,21,22). The van der Waals surface area contributed by atoms with Gasteiger partial charge in [0.2, 0.25) is 5.13 Å². The number of aryl methyl sites for hydroxylation is 1. The third kappa shape index (κ3) is 5.05. The van der Waals surface area contributed by atoms with Crippen molar-refractivity contribution in [3.05, 3.63) is 65.0 Å². The minimum Gasteiger partial charge on any atom is -0.494 e. The molecule has 0 saturated carbocycles. The number of carbonyl (C=O) groups is 1. The van der Waals surface area contributed by atoms with Crippen molar-refractivity contribution in [3.63, 3.8) is 0 Å². The summed E-state index contributed by atoms with van der Waals surface area (Å²) in [7, 11) is 1.38. The van der Waals surface area contributed by atoms with Crippen LogP contribution < -0.4 is 10.1 Å². The number of ether oxygens (including phenoxy) is 1. The molecule has 3 aromatic rings. The first-order valence-electron chi connectivity index (χ1n) is 8.18. The van der Waals surface area contributed by atoms with E-state index in [9.17, 15) is 9.18 Å². The van der Waals surface area contributed by atoms with Gasteiger partial charge in [0.1, 0.15) is 0 Å². The van der Waals surface area contributed by atoms with Crippen LogP contribution in [0.15, 0.2) is 46.8 Å². The highest BCUT2D eigenvalue weighted by molar-refractivity contribution is 8.00. The van der Waals surface area contributed by atoms with Crippen LogP contribution in [-0.4, -0.2) is 29.6 Å². The van der Waals surface area contributed by atoms with Crippen molar-refractivity contribution >= 4 is 34.0 Å². The number of hydrogen-bond acceptors (Lipinski definition) is 7. The third-order valence-corrected chi connectivity index (χ3v) is 5.96. The van der Waals surface area contributed by atoms with Crippen LogP contribution in [-0.2, 0) is 5.75 Å². The summed E-state index contributed by atoms with van der Waals surface area (Å²) in [4.78, 5) is 12.2. The second-order valence-corrected chi connectivity index (χ2v) is 7.91. The molecule has 0 atom stereocenters. The van der Waals surface area contributed by atoms with Gasteiger partial charge in [-0.05, 0) is 36.2 Å². The van der Waals surface area contributed by atoms with Gasteiger partial charge in [0.25, 0.3) is 0 Å². The number of carbonyl (C=O) groups excluding carboxylic acids is 1. The normalized spacial score (nSPS) is 10.6. The molecule has 0 fully saturated rings. The van der Waals surface area contributed by atoms with Gasteiger partial charge < -0.3 is 10.1 Å². The van der Waals surface area contributed by atoms with E-state index in [1.165, 1.54) is 47.8 Å². The molecule has 0 aliphatic rings. The van der Waals surface area contributed by atoms with E-state index in [0.717, 1.165) is 10.1 Å². The fourth-order valence-corrected chi connectivity index (χ4v) is 4.17. The third-order valence-electron chi connectivity index (χ3n) is 3.89. The molecule has 0 saturated heterocycles. The zero-order chi connectivity index (χ0) is 19.2.